The number of hydrogen-bond acceptors (Lipinski definition) is 3. The van der Waals surface area contributed by atoms with Gasteiger partial charge in [-0.15, -0.1) is 0 Å². The number of nitrogens with one attached hydrogen (secondary N) is 2. The monoisotopic (exact) mass is 396 g/mol. The highest BCUT2D eigenvalue weighted by atomic mass is 35.5. The van der Waals surface area contributed by atoms with Crippen LogP contribution in [0.25, 0.3) is 0 Å². The molecule has 0 aromatic heterocycles. The lowest BCUT2D eigenvalue weighted by Gasteiger charge is -2.15. The minimum atomic E-state index is -0.461. The van der Waals surface area contributed by atoms with Crippen molar-refractivity contribution < 1.29 is 9.90 Å². The fraction of sp³-hybridized carbons (Fsp3) is 0.222. The number of amides is 1. The molecule has 1 amide bonds. The number of hydrogen-bond donors (Lipinski definition) is 3. The lowest BCUT2D eigenvalue weighted by atomic mass is 9.98. The number of halogens is 2. The summed E-state index contributed by atoms with van der Waals surface area (Å²) in [7, 11) is 0. The first kappa shape index (κ1) is 19.5. The van der Waals surface area contributed by atoms with Gasteiger partial charge in [-0.25, -0.2) is 0 Å². The number of benzene rings is 2. The Labute approximate surface area is 162 Å². The Balaban J connectivity index is 2.11. The Morgan fingerprint density at radius 3 is 2.60 bits per heavy atom. The highest BCUT2D eigenvalue weighted by Crippen LogP contribution is 2.29. The van der Waals surface area contributed by atoms with Crippen LogP contribution in [0, 0.1) is 0 Å². The van der Waals surface area contributed by atoms with E-state index >= 15 is 0 Å². The van der Waals surface area contributed by atoms with Crippen LogP contribution in [0.15, 0.2) is 36.4 Å². The van der Waals surface area contributed by atoms with Crippen molar-refractivity contribution in [3.8, 4) is 5.75 Å². The van der Waals surface area contributed by atoms with Crippen LogP contribution >= 0.6 is 35.4 Å². The normalized spacial score (nSPS) is 11.7. The fourth-order valence-electron chi connectivity index (χ4n) is 2.19. The molecule has 0 aliphatic rings. The molecule has 7 heteroatoms. The number of rotatable bonds is 4. The van der Waals surface area contributed by atoms with Crippen molar-refractivity contribution in [2.24, 2.45) is 0 Å². The molecule has 0 aliphatic carbocycles. The van der Waals surface area contributed by atoms with Gasteiger partial charge in [-0.05, 0) is 60.5 Å². The van der Waals surface area contributed by atoms with E-state index < -0.39 is 5.91 Å². The molecule has 132 valence electrons. The molecule has 0 radical (unpaired) electrons. The fourth-order valence-corrected chi connectivity index (χ4v) is 2.89. The van der Waals surface area contributed by atoms with Crippen molar-refractivity contribution in [2.75, 3.05) is 5.32 Å². The van der Waals surface area contributed by atoms with Gasteiger partial charge in [-0.3, -0.25) is 10.1 Å². The smallest absolute Gasteiger partial charge is 0.258 e. The predicted octanol–water partition coefficient (Wildman–Crippen LogP) is 5.34. The van der Waals surface area contributed by atoms with Gasteiger partial charge in [0.1, 0.15) is 5.75 Å². The Bertz CT molecular complexity index is 812. The largest absolute Gasteiger partial charge is 0.506 e. The van der Waals surface area contributed by atoms with Gasteiger partial charge in [0.15, 0.2) is 5.11 Å². The van der Waals surface area contributed by atoms with Gasteiger partial charge in [-0.1, -0.05) is 43.1 Å². The predicted molar refractivity (Wildman–Crippen MR) is 107 cm³/mol. The van der Waals surface area contributed by atoms with E-state index in [-0.39, 0.29) is 21.4 Å². The van der Waals surface area contributed by atoms with E-state index in [0.29, 0.717) is 16.6 Å². The number of thiocarbonyl (C=S) groups is 1. The minimum absolute atomic E-state index is 0.0492. The molecule has 0 saturated heterocycles. The molecule has 1 atom stereocenters. The second-order valence-corrected chi connectivity index (χ2v) is 6.87. The molecule has 3 N–H and O–H groups in total. The molecule has 25 heavy (non-hydrogen) atoms. The molecule has 0 fully saturated rings. The van der Waals surface area contributed by atoms with Gasteiger partial charge < -0.3 is 10.4 Å². The van der Waals surface area contributed by atoms with Crippen LogP contribution in [0.3, 0.4) is 0 Å². The van der Waals surface area contributed by atoms with Gasteiger partial charge in [0.05, 0.1) is 16.3 Å². The first-order valence-electron chi connectivity index (χ1n) is 7.72. The Kier molecular flexibility index (Phi) is 6.64. The number of phenols is 1. The zero-order valence-corrected chi connectivity index (χ0v) is 16.1. The number of carbonyl (C=O) groups excluding carboxylic acids is 1. The number of phenolic OH excluding ortho intramolecular Hbond substituents is 1. The number of anilines is 1. The van der Waals surface area contributed by atoms with E-state index in [0.717, 1.165) is 12.0 Å². The third-order valence-electron chi connectivity index (χ3n) is 3.85. The molecule has 4 nitrogen and oxygen atoms in total. The molecule has 2 aromatic rings. The van der Waals surface area contributed by atoms with Crippen LogP contribution in [0.2, 0.25) is 10.0 Å². The summed E-state index contributed by atoms with van der Waals surface area (Å²) in [5.41, 5.74) is 1.76. The standard InChI is InChI=1S/C18H18Cl2N2O2S/c1-3-10(2)11-4-7-16(23)15(8-11)21-18(25)22-17(24)13-6-5-12(19)9-14(13)20/h4-10,23H,3H2,1-2H3,(H2,21,22,24,25)/t10-/m1/s1. The van der Waals surface area contributed by atoms with E-state index in [1.807, 2.05) is 12.1 Å². The molecule has 2 rings (SSSR count). The number of aromatic hydroxyl groups is 1. The van der Waals surface area contributed by atoms with Crippen LogP contribution < -0.4 is 10.6 Å². The summed E-state index contributed by atoms with van der Waals surface area (Å²) in [6, 6.07) is 9.85. The Hall–Kier alpha value is -1.82. The highest BCUT2D eigenvalue weighted by molar-refractivity contribution is 7.80. The topological polar surface area (TPSA) is 61.4 Å². The second-order valence-electron chi connectivity index (χ2n) is 5.62. The summed E-state index contributed by atoms with van der Waals surface area (Å²) in [6.45, 7) is 4.18. The van der Waals surface area contributed by atoms with E-state index in [9.17, 15) is 9.90 Å². The Morgan fingerprint density at radius 2 is 1.96 bits per heavy atom. The maximum absolute atomic E-state index is 12.3. The molecule has 2 aromatic carbocycles. The van der Waals surface area contributed by atoms with Gasteiger partial charge in [0, 0.05) is 5.02 Å². The molecule has 0 saturated carbocycles. The third-order valence-corrected chi connectivity index (χ3v) is 4.60. The van der Waals surface area contributed by atoms with E-state index in [1.165, 1.54) is 12.1 Å². The zero-order chi connectivity index (χ0) is 18.6. The molecule has 0 bridgehead atoms. The first-order valence-corrected chi connectivity index (χ1v) is 8.88. The van der Waals surface area contributed by atoms with E-state index in [2.05, 4.69) is 24.5 Å². The quantitative estimate of drug-likeness (QED) is 0.482. The summed E-state index contributed by atoms with van der Waals surface area (Å²) in [5.74, 6) is -0.0675. The minimum Gasteiger partial charge on any atom is -0.506 e. The highest BCUT2D eigenvalue weighted by Gasteiger charge is 2.14. The van der Waals surface area contributed by atoms with Crippen molar-refractivity contribution in [2.45, 2.75) is 26.2 Å². The van der Waals surface area contributed by atoms with Gasteiger partial charge in [-0.2, -0.15) is 0 Å². The van der Waals surface area contributed by atoms with Crippen LogP contribution in [-0.2, 0) is 0 Å². The lowest BCUT2D eigenvalue weighted by Crippen LogP contribution is -2.34. The van der Waals surface area contributed by atoms with Crippen molar-refractivity contribution >= 4 is 52.1 Å². The first-order chi connectivity index (χ1) is 11.8. The van der Waals surface area contributed by atoms with E-state index in [1.54, 1.807) is 12.1 Å². The summed E-state index contributed by atoms with van der Waals surface area (Å²) in [5, 5.41) is 16.1. The number of carbonyl (C=O) groups is 1. The van der Waals surface area contributed by atoms with Crippen LogP contribution in [0.1, 0.15) is 42.1 Å². The van der Waals surface area contributed by atoms with Crippen LogP contribution in [-0.4, -0.2) is 16.1 Å². The van der Waals surface area contributed by atoms with Crippen molar-refractivity contribution in [3.63, 3.8) is 0 Å². The summed E-state index contributed by atoms with van der Waals surface area (Å²) in [6.07, 6.45) is 0.973. The molecule has 0 heterocycles. The van der Waals surface area contributed by atoms with Gasteiger partial charge in [0.2, 0.25) is 0 Å². The molecule has 0 unspecified atom stereocenters. The molecule has 0 aliphatic heterocycles. The van der Waals surface area contributed by atoms with Gasteiger partial charge in [0.25, 0.3) is 5.91 Å². The maximum atomic E-state index is 12.3. The molecular formula is C18H18Cl2N2O2S. The average molecular weight is 397 g/mol. The van der Waals surface area contributed by atoms with Crippen molar-refractivity contribution in [1.29, 1.82) is 0 Å². The Morgan fingerprint density at radius 1 is 1.24 bits per heavy atom. The molecule has 0 spiro atoms. The van der Waals surface area contributed by atoms with E-state index in [4.69, 9.17) is 35.4 Å². The maximum Gasteiger partial charge on any atom is 0.258 e. The summed E-state index contributed by atoms with van der Waals surface area (Å²) >= 11 is 17.0. The lowest BCUT2D eigenvalue weighted by molar-refractivity contribution is 0.0978. The van der Waals surface area contributed by atoms with Crippen molar-refractivity contribution in [3.05, 3.63) is 57.6 Å². The van der Waals surface area contributed by atoms with Crippen LogP contribution in [0.5, 0.6) is 5.75 Å². The van der Waals surface area contributed by atoms with Gasteiger partial charge >= 0.3 is 0 Å². The summed E-state index contributed by atoms with van der Waals surface area (Å²) in [4.78, 5) is 12.3. The average Bonchev–Trinajstić information content (AvgIpc) is 2.55. The van der Waals surface area contributed by atoms with Crippen LogP contribution in [0.4, 0.5) is 5.69 Å². The summed E-state index contributed by atoms with van der Waals surface area (Å²) < 4.78 is 0. The molecular weight excluding hydrogens is 379 g/mol. The van der Waals surface area contributed by atoms with Crippen molar-refractivity contribution in [1.82, 2.24) is 5.32 Å². The SMILES string of the molecule is CC[C@@H](C)c1ccc(O)c(NC(=S)NC(=O)c2ccc(Cl)cc2Cl)c1. The second kappa shape index (κ2) is 8.52. The third kappa shape index (κ3) is 5.08. The zero-order valence-electron chi connectivity index (χ0n) is 13.8.